The molecule has 1 heterocycles. The van der Waals surface area contributed by atoms with Crippen LogP contribution >= 0.6 is 11.8 Å². The lowest BCUT2D eigenvalue weighted by Crippen LogP contribution is -2.40. The van der Waals surface area contributed by atoms with Crippen LogP contribution in [0.25, 0.3) is 0 Å². The Bertz CT molecular complexity index is 749. The zero-order valence-corrected chi connectivity index (χ0v) is 15.3. The van der Waals surface area contributed by atoms with Gasteiger partial charge in [0.05, 0.1) is 5.56 Å². The van der Waals surface area contributed by atoms with Crippen molar-refractivity contribution in [3.05, 3.63) is 54.2 Å². The first-order chi connectivity index (χ1) is 12.2. The van der Waals surface area contributed by atoms with Gasteiger partial charge in [-0.05, 0) is 68.2 Å². The number of nitrogens with zero attached hydrogens (tertiary/aromatic N) is 1. The monoisotopic (exact) mass is 352 g/mol. The Morgan fingerprint density at radius 2 is 2.00 bits per heavy atom. The minimum absolute atomic E-state index is 0.00167. The Morgan fingerprint density at radius 1 is 1.16 bits per heavy atom. The lowest BCUT2D eigenvalue weighted by molar-refractivity contribution is 0.0911. The number of fused-ring (bicyclic) bond motifs is 2. The molecule has 2 saturated carbocycles. The summed E-state index contributed by atoms with van der Waals surface area (Å²) < 4.78 is 0. The second-order valence-electron chi connectivity index (χ2n) is 7.37. The molecule has 2 aromatic rings. The average molecular weight is 353 g/mol. The van der Waals surface area contributed by atoms with Gasteiger partial charge in [-0.1, -0.05) is 36.4 Å². The number of nitrogens with one attached hydrogen (secondary N) is 1. The highest BCUT2D eigenvalue weighted by Crippen LogP contribution is 2.49. The molecule has 3 nitrogen and oxygen atoms in total. The number of carbonyl (C=O) groups excluding carboxylic acids is 1. The van der Waals surface area contributed by atoms with E-state index in [1.54, 1.807) is 18.0 Å². The molecule has 2 fully saturated rings. The SMILES string of the molecule is C[C@@H](NC(=O)c1cccnc1Sc1ccccc1)[C@H]1C[C@H]2CC[C@H]1C2. The van der Waals surface area contributed by atoms with E-state index in [9.17, 15) is 4.79 Å². The van der Waals surface area contributed by atoms with Crippen LogP contribution < -0.4 is 5.32 Å². The maximum atomic E-state index is 12.9. The lowest BCUT2D eigenvalue weighted by Gasteiger charge is -2.28. The van der Waals surface area contributed by atoms with E-state index in [1.165, 1.54) is 25.7 Å². The molecular weight excluding hydrogens is 328 g/mol. The molecule has 0 radical (unpaired) electrons. The fourth-order valence-corrected chi connectivity index (χ4v) is 5.44. The predicted octanol–water partition coefficient (Wildman–Crippen LogP) is 4.79. The maximum absolute atomic E-state index is 12.9. The maximum Gasteiger partial charge on any atom is 0.254 e. The summed E-state index contributed by atoms with van der Waals surface area (Å²) in [5.41, 5.74) is 0.673. The van der Waals surface area contributed by atoms with Crippen molar-refractivity contribution in [3.63, 3.8) is 0 Å². The first-order valence-corrected chi connectivity index (χ1v) is 10.0. The summed E-state index contributed by atoms with van der Waals surface area (Å²) in [5.74, 6) is 2.36. The van der Waals surface area contributed by atoms with E-state index in [2.05, 4.69) is 17.2 Å². The molecule has 4 atom stereocenters. The van der Waals surface area contributed by atoms with Gasteiger partial charge in [0.1, 0.15) is 5.03 Å². The zero-order valence-electron chi connectivity index (χ0n) is 14.5. The Morgan fingerprint density at radius 3 is 2.72 bits per heavy atom. The zero-order chi connectivity index (χ0) is 17.2. The van der Waals surface area contributed by atoms with E-state index in [4.69, 9.17) is 0 Å². The molecule has 1 amide bonds. The molecule has 0 spiro atoms. The third-order valence-electron chi connectivity index (χ3n) is 5.77. The van der Waals surface area contributed by atoms with Crippen LogP contribution in [0.4, 0.5) is 0 Å². The van der Waals surface area contributed by atoms with Gasteiger partial charge in [0, 0.05) is 17.1 Å². The molecule has 2 aliphatic rings. The smallest absolute Gasteiger partial charge is 0.254 e. The van der Waals surface area contributed by atoms with Gasteiger partial charge in [-0.25, -0.2) is 4.98 Å². The standard InChI is InChI=1S/C21H24N2OS/c1-14(19-13-15-9-10-16(19)12-15)23-20(24)18-8-5-11-22-21(18)25-17-6-3-2-4-7-17/h2-8,11,14-16,19H,9-10,12-13H2,1H3,(H,23,24)/t14-,15+,16+,19-/m1/s1. The van der Waals surface area contributed by atoms with Gasteiger partial charge >= 0.3 is 0 Å². The van der Waals surface area contributed by atoms with Gasteiger partial charge in [0.2, 0.25) is 0 Å². The van der Waals surface area contributed by atoms with Crippen LogP contribution in [-0.2, 0) is 0 Å². The number of carbonyl (C=O) groups is 1. The first-order valence-electron chi connectivity index (χ1n) is 9.19. The third kappa shape index (κ3) is 3.59. The molecule has 4 heteroatoms. The Kier molecular flexibility index (Phi) is 4.80. The number of aromatic nitrogens is 1. The molecule has 1 aromatic carbocycles. The van der Waals surface area contributed by atoms with Crippen molar-refractivity contribution in [2.24, 2.45) is 17.8 Å². The molecule has 25 heavy (non-hydrogen) atoms. The lowest BCUT2D eigenvalue weighted by atomic mass is 9.84. The van der Waals surface area contributed by atoms with Crippen molar-refractivity contribution in [1.29, 1.82) is 0 Å². The topological polar surface area (TPSA) is 42.0 Å². The molecule has 0 aliphatic heterocycles. The molecule has 4 rings (SSSR count). The van der Waals surface area contributed by atoms with Crippen LogP contribution in [0.5, 0.6) is 0 Å². The van der Waals surface area contributed by atoms with Crippen molar-refractivity contribution in [1.82, 2.24) is 10.3 Å². The highest BCUT2D eigenvalue weighted by Gasteiger charge is 2.42. The minimum Gasteiger partial charge on any atom is -0.349 e. The molecule has 130 valence electrons. The predicted molar refractivity (Wildman–Crippen MR) is 101 cm³/mol. The second-order valence-corrected chi connectivity index (χ2v) is 8.43. The Balaban J connectivity index is 1.47. The fraction of sp³-hybridized carbons (Fsp3) is 0.429. The average Bonchev–Trinajstić information content (AvgIpc) is 3.26. The molecule has 2 bridgehead atoms. The number of hydrogen-bond acceptors (Lipinski definition) is 3. The van der Waals surface area contributed by atoms with Gasteiger partial charge in [0.15, 0.2) is 0 Å². The van der Waals surface area contributed by atoms with Crippen molar-refractivity contribution in [2.45, 2.75) is 48.6 Å². The normalized spacial score (nSPS) is 25.7. The molecule has 0 unspecified atom stereocenters. The van der Waals surface area contributed by atoms with E-state index < -0.39 is 0 Å². The largest absolute Gasteiger partial charge is 0.349 e. The van der Waals surface area contributed by atoms with Crippen LogP contribution in [0.3, 0.4) is 0 Å². The van der Waals surface area contributed by atoms with Crippen molar-refractivity contribution < 1.29 is 4.79 Å². The van der Waals surface area contributed by atoms with Crippen molar-refractivity contribution >= 4 is 17.7 Å². The number of hydrogen-bond donors (Lipinski definition) is 1. The summed E-state index contributed by atoms with van der Waals surface area (Å²) in [5, 5.41) is 4.03. The van der Waals surface area contributed by atoms with E-state index in [0.29, 0.717) is 11.5 Å². The molecular formula is C21H24N2OS. The summed E-state index contributed by atoms with van der Waals surface area (Å²) in [7, 11) is 0. The molecule has 0 saturated heterocycles. The van der Waals surface area contributed by atoms with E-state index >= 15 is 0 Å². The van der Waals surface area contributed by atoms with Crippen LogP contribution in [0.1, 0.15) is 43.0 Å². The molecule has 1 N–H and O–H groups in total. The van der Waals surface area contributed by atoms with Gasteiger partial charge in [0.25, 0.3) is 5.91 Å². The number of benzene rings is 1. The summed E-state index contributed by atoms with van der Waals surface area (Å²) >= 11 is 1.54. The number of rotatable bonds is 5. The summed E-state index contributed by atoms with van der Waals surface area (Å²) in [6, 6.07) is 14.0. The quantitative estimate of drug-likeness (QED) is 0.841. The van der Waals surface area contributed by atoms with Crippen LogP contribution in [0, 0.1) is 17.8 Å². The highest BCUT2D eigenvalue weighted by atomic mass is 32.2. The van der Waals surface area contributed by atoms with Gasteiger partial charge in [-0.2, -0.15) is 0 Å². The summed E-state index contributed by atoms with van der Waals surface area (Å²) in [4.78, 5) is 18.4. The van der Waals surface area contributed by atoms with Gasteiger partial charge in [-0.15, -0.1) is 0 Å². The summed E-state index contributed by atoms with van der Waals surface area (Å²) in [6.45, 7) is 2.17. The number of amides is 1. The summed E-state index contributed by atoms with van der Waals surface area (Å²) in [6.07, 6.45) is 7.14. The van der Waals surface area contributed by atoms with Crippen LogP contribution in [0.2, 0.25) is 0 Å². The van der Waals surface area contributed by atoms with Crippen molar-refractivity contribution in [2.75, 3.05) is 0 Å². The molecule has 2 aliphatic carbocycles. The van der Waals surface area contributed by atoms with Gasteiger partial charge in [-0.3, -0.25) is 4.79 Å². The minimum atomic E-state index is 0.00167. The van der Waals surface area contributed by atoms with E-state index in [0.717, 1.165) is 21.8 Å². The van der Waals surface area contributed by atoms with E-state index in [1.807, 2.05) is 42.5 Å². The highest BCUT2D eigenvalue weighted by molar-refractivity contribution is 7.99. The van der Waals surface area contributed by atoms with Crippen LogP contribution in [0.15, 0.2) is 58.6 Å². The van der Waals surface area contributed by atoms with Gasteiger partial charge < -0.3 is 5.32 Å². The first kappa shape index (κ1) is 16.6. The van der Waals surface area contributed by atoms with E-state index in [-0.39, 0.29) is 11.9 Å². The number of pyridine rings is 1. The fourth-order valence-electron chi connectivity index (χ4n) is 4.54. The third-order valence-corrected chi connectivity index (χ3v) is 6.79. The second kappa shape index (κ2) is 7.20. The molecule has 1 aromatic heterocycles. The van der Waals surface area contributed by atoms with Crippen LogP contribution in [-0.4, -0.2) is 16.9 Å². The Labute approximate surface area is 153 Å². The van der Waals surface area contributed by atoms with Crippen molar-refractivity contribution in [3.8, 4) is 0 Å². The Hall–Kier alpha value is -1.81.